The number of carbonyl (C=O) groups is 2. The van der Waals surface area contributed by atoms with Crippen LogP contribution >= 0.6 is 0 Å². The van der Waals surface area contributed by atoms with Crippen LogP contribution in [0.1, 0.15) is 38.2 Å². The van der Waals surface area contributed by atoms with Gasteiger partial charge in [-0.2, -0.15) is 0 Å². The largest absolute Gasteiger partial charge is 0.297 e. The van der Waals surface area contributed by atoms with Crippen molar-refractivity contribution in [1.29, 1.82) is 0 Å². The number of fused-ring (bicyclic) bond motifs is 1. The second kappa shape index (κ2) is 5.88. The Balaban J connectivity index is 1.43. The van der Waals surface area contributed by atoms with Gasteiger partial charge in [-0.05, 0) is 37.8 Å². The minimum atomic E-state index is -0.397. The van der Waals surface area contributed by atoms with Crippen LogP contribution in [0, 0.1) is 11.3 Å². The van der Waals surface area contributed by atoms with Gasteiger partial charge in [0.2, 0.25) is 11.8 Å². The zero-order valence-electron chi connectivity index (χ0n) is 14.2. The van der Waals surface area contributed by atoms with Crippen LogP contribution in [0.4, 0.5) is 0 Å². The van der Waals surface area contributed by atoms with E-state index in [9.17, 15) is 9.59 Å². The minimum Gasteiger partial charge on any atom is -0.297 e. The lowest BCUT2D eigenvalue weighted by molar-refractivity contribution is -0.156. The lowest BCUT2D eigenvalue weighted by atomic mass is 9.96. The summed E-state index contributed by atoms with van der Waals surface area (Å²) in [7, 11) is 0. The molecule has 3 atom stereocenters. The smallest absolute Gasteiger partial charge is 0.245 e. The highest BCUT2D eigenvalue weighted by Gasteiger charge is 2.66. The van der Waals surface area contributed by atoms with Gasteiger partial charge in [0.15, 0.2) is 0 Å². The fourth-order valence-corrected chi connectivity index (χ4v) is 4.37. The van der Waals surface area contributed by atoms with E-state index in [1.807, 2.05) is 13.0 Å². The Morgan fingerprint density at radius 2 is 2.04 bits per heavy atom. The summed E-state index contributed by atoms with van der Waals surface area (Å²) in [5.41, 5.74) is 3.82. The number of hydrogen-bond donors (Lipinski definition) is 1. The molecule has 1 saturated carbocycles. The van der Waals surface area contributed by atoms with Crippen molar-refractivity contribution >= 4 is 11.8 Å². The van der Waals surface area contributed by atoms with E-state index in [-0.39, 0.29) is 23.8 Å². The number of carbonyl (C=O) groups excluding carboxylic acids is 2. The number of nitrogens with zero attached hydrogens (tertiary/aromatic N) is 2. The first-order valence-corrected chi connectivity index (χ1v) is 9.04. The summed E-state index contributed by atoms with van der Waals surface area (Å²) in [5.74, 6) is 0.0959. The fraction of sp³-hybridized carbons (Fsp3) is 0.579. The quantitative estimate of drug-likeness (QED) is 0.919. The maximum atomic E-state index is 12.7. The summed E-state index contributed by atoms with van der Waals surface area (Å²) in [6.45, 7) is 4.77. The molecule has 1 aromatic carbocycles. The fourth-order valence-electron chi connectivity index (χ4n) is 4.37. The van der Waals surface area contributed by atoms with Crippen LogP contribution in [-0.4, -0.2) is 40.9 Å². The Morgan fingerprint density at radius 1 is 1.25 bits per heavy atom. The van der Waals surface area contributed by atoms with Gasteiger partial charge < -0.3 is 0 Å². The maximum Gasteiger partial charge on any atom is 0.245 e. The van der Waals surface area contributed by atoms with E-state index in [1.165, 1.54) is 5.56 Å². The molecule has 5 nitrogen and oxygen atoms in total. The molecular formula is C19H25N3O2. The van der Waals surface area contributed by atoms with Crippen LogP contribution in [0.2, 0.25) is 0 Å². The number of benzene rings is 1. The summed E-state index contributed by atoms with van der Waals surface area (Å²) < 4.78 is 0. The first-order chi connectivity index (χ1) is 11.6. The van der Waals surface area contributed by atoms with Crippen molar-refractivity contribution in [2.24, 2.45) is 11.3 Å². The monoisotopic (exact) mass is 327 g/mol. The zero-order valence-corrected chi connectivity index (χ0v) is 14.2. The Morgan fingerprint density at radius 3 is 2.79 bits per heavy atom. The van der Waals surface area contributed by atoms with Gasteiger partial charge in [-0.3, -0.25) is 19.9 Å². The number of likely N-dealkylation sites (tertiary alicyclic amines) is 1. The van der Waals surface area contributed by atoms with Crippen molar-refractivity contribution in [2.75, 3.05) is 13.1 Å². The Kier molecular flexibility index (Phi) is 3.83. The number of amides is 2. The third-order valence-electron chi connectivity index (χ3n) is 6.01. The lowest BCUT2D eigenvalue weighted by Crippen LogP contribution is -2.62. The molecule has 1 unspecified atom stereocenters. The first-order valence-electron chi connectivity index (χ1n) is 9.04. The molecule has 3 aliphatic rings. The van der Waals surface area contributed by atoms with Crippen LogP contribution in [-0.2, 0) is 16.1 Å². The van der Waals surface area contributed by atoms with E-state index in [0.717, 1.165) is 45.3 Å². The molecule has 1 aromatic rings. The molecule has 128 valence electrons. The van der Waals surface area contributed by atoms with Crippen molar-refractivity contribution in [3.8, 4) is 0 Å². The summed E-state index contributed by atoms with van der Waals surface area (Å²) in [5, 5.41) is 1.66. The van der Waals surface area contributed by atoms with Gasteiger partial charge in [0.25, 0.3) is 0 Å². The molecular weight excluding hydrogens is 302 g/mol. The first kappa shape index (κ1) is 15.6. The molecule has 4 rings (SSSR count). The van der Waals surface area contributed by atoms with Crippen molar-refractivity contribution in [3.05, 3.63) is 35.9 Å². The van der Waals surface area contributed by atoms with E-state index in [2.05, 4.69) is 34.6 Å². The summed E-state index contributed by atoms with van der Waals surface area (Å²) in [6, 6.07) is 10.5. The minimum absolute atomic E-state index is 0.0507. The van der Waals surface area contributed by atoms with Gasteiger partial charge >= 0.3 is 0 Å². The molecule has 5 heteroatoms. The number of hydrogen-bond acceptors (Lipinski definition) is 3. The zero-order chi connectivity index (χ0) is 16.7. The number of hydrazine groups is 1. The highest BCUT2D eigenvalue weighted by atomic mass is 16.2. The lowest BCUT2D eigenvalue weighted by Gasteiger charge is -2.41. The molecule has 2 aliphatic heterocycles. The average Bonchev–Trinajstić information content (AvgIpc) is 3.37. The molecule has 1 aliphatic carbocycles. The highest BCUT2D eigenvalue weighted by Crippen LogP contribution is 2.58. The van der Waals surface area contributed by atoms with E-state index in [4.69, 9.17) is 0 Å². The molecule has 1 N–H and O–H groups in total. The van der Waals surface area contributed by atoms with E-state index in [1.54, 1.807) is 5.01 Å². The molecule has 24 heavy (non-hydrogen) atoms. The molecule has 0 aromatic heterocycles. The summed E-state index contributed by atoms with van der Waals surface area (Å²) >= 11 is 0. The van der Waals surface area contributed by atoms with Gasteiger partial charge in [0.05, 0.1) is 17.4 Å². The van der Waals surface area contributed by atoms with Crippen LogP contribution in [0.25, 0.3) is 0 Å². The number of rotatable bonds is 4. The van der Waals surface area contributed by atoms with E-state index < -0.39 is 5.41 Å². The highest BCUT2D eigenvalue weighted by molar-refractivity contribution is 6.00. The van der Waals surface area contributed by atoms with Gasteiger partial charge in [-0.1, -0.05) is 37.3 Å². The van der Waals surface area contributed by atoms with Gasteiger partial charge in [-0.25, -0.2) is 5.01 Å². The third kappa shape index (κ3) is 2.51. The Hall–Kier alpha value is -1.88. The third-order valence-corrected chi connectivity index (χ3v) is 6.01. The van der Waals surface area contributed by atoms with Crippen molar-refractivity contribution in [3.63, 3.8) is 0 Å². The van der Waals surface area contributed by atoms with Gasteiger partial charge in [0.1, 0.15) is 0 Å². The molecule has 2 amide bonds. The molecule has 2 heterocycles. The number of nitrogens with one attached hydrogen (secondary N) is 1. The second-order valence-electron chi connectivity index (χ2n) is 7.43. The normalized spacial score (nSPS) is 33.1. The Labute approximate surface area is 143 Å². The van der Waals surface area contributed by atoms with E-state index >= 15 is 0 Å². The van der Waals surface area contributed by atoms with Crippen LogP contribution in [0.3, 0.4) is 0 Å². The molecule has 2 saturated heterocycles. The summed E-state index contributed by atoms with van der Waals surface area (Å²) in [4.78, 5) is 27.6. The average molecular weight is 327 g/mol. The molecule has 0 spiro atoms. The topological polar surface area (TPSA) is 52.7 Å². The standard InChI is InChI=1S/C19H25N3O2/c1-2-19-11-16(19)17(23)22(20-18(19)24)15-9-6-10-21(13-15)12-14-7-4-3-5-8-14/h3-5,7-8,15-16H,2,6,9-13H2,1H3,(H,20,24)/t15?,16-,19-/m0/s1. The maximum absolute atomic E-state index is 12.7. The summed E-state index contributed by atoms with van der Waals surface area (Å²) in [6.07, 6.45) is 3.50. The number of piperidine rings is 1. The second-order valence-corrected chi connectivity index (χ2v) is 7.43. The van der Waals surface area contributed by atoms with Crippen molar-refractivity contribution < 1.29 is 9.59 Å². The van der Waals surface area contributed by atoms with E-state index in [0.29, 0.717) is 0 Å². The predicted molar refractivity (Wildman–Crippen MR) is 90.6 cm³/mol. The van der Waals surface area contributed by atoms with Gasteiger partial charge in [0, 0.05) is 13.1 Å². The van der Waals surface area contributed by atoms with Crippen LogP contribution in [0.5, 0.6) is 0 Å². The predicted octanol–water partition coefficient (Wildman–Crippen LogP) is 1.94. The molecule has 0 bridgehead atoms. The van der Waals surface area contributed by atoms with Crippen molar-refractivity contribution in [1.82, 2.24) is 15.3 Å². The van der Waals surface area contributed by atoms with Crippen LogP contribution < -0.4 is 5.43 Å². The van der Waals surface area contributed by atoms with Gasteiger partial charge in [-0.15, -0.1) is 0 Å². The Bertz CT molecular complexity index is 647. The van der Waals surface area contributed by atoms with Crippen molar-refractivity contribution in [2.45, 2.75) is 45.2 Å². The SMILES string of the molecule is CC[C@]12C[C@H]1C(=O)N(C1CCCN(Cc3ccccc3)C1)NC2=O. The molecule has 0 radical (unpaired) electrons. The van der Waals surface area contributed by atoms with Crippen LogP contribution in [0.15, 0.2) is 30.3 Å². The molecule has 3 fully saturated rings.